The van der Waals surface area contributed by atoms with Crippen LogP contribution in [0.5, 0.6) is 5.75 Å². The Balaban J connectivity index is 1.82. The molecule has 4 amide bonds. The number of amides is 4. The number of imide groups is 2. The van der Waals surface area contributed by atoms with Crippen molar-refractivity contribution in [3.63, 3.8) is 0 Å². The lowest BCUT2D eigenvalue weighted by atomic mass is 10.1. The summed E-state index contributed by atoms with van der Waals surface area (Å²) < 4.78 is 9.74. The van der Waals surface area contributed by atoms with Crippen molar-refractivity contribution in [2.24, 2.45) is 0 Å². The molecular weight excluding hydrogens is 376 g/mol. The van der Waals surface area contributed by atoms with Gasteiger partial charge in [-0.2, -0.15) is 0 Å². The summed E-state index contributed by atoms with van der Waals surface area (Å²) in [5.41, 5.74) is 1.71. The first kappa shape index (κ1) is 19.8. The van der Waals surface area contributed by atoms with Crippen molar-refractivity contribution < 1.29 is 28.7 Å². The van der Waals surface area contributed by atoms with E-state index in [0.717, 1.165) is 10.5 Å². The molecule has 0 radical (unpaired) electrons. The molecule has 0 aliphatic carbocycles. The molecule has 1 heterocycles. The van der Waals surface area contributed by atoms with Crippen LogP contribution in [0.1, 0.15) is 11.1 Å². The van der Waals surface area contributed by atoms with Gasteiger partial charge in [-0.15, -0.1) is 0 Å². The van der Waals surface area contributed by atoms with E-state index in [0.29, 0.717) is 17.0 Å². The highest BCUT2D eigenvalue weighted by Crippen LogP contribution is 2.23. The second-order valence-corrected chi connectivity index (χ2v) is 6.23. The second kappa shape index (κ2) is 8.39. The molecule has 1 aliphatic heterocycles. The van der Waals surface area contributed by atoms with Crippen molar-refractivity contribution in [2.75, 3.05) is 18.6 Å². The second-order valence-electron chi connectivity index (χ2n) is 6.23. The van der Waals surface area contributed by atoms with Gasteiger partial charge in [-0.1, -0.05) is 29.8 Å². The maximum atomic E-state index is 12.8. The van der Waals surface area contributed by atoms with Crippen LogP contribution in [0.25, 0.3) is 6.08 Å². The standard InChI is InChI=1S/C21H18N2O6/c1-13-3-7-15(8-4-13)23-20(26)17(19(25)22-21(23)27)11-14-5-9-16(10-6-14)29-12-18(24)28-2/h3-11H,12H2,1-2H3,(H,22,25,27)/b17-11+. The van der Waals surface area contributed by atoms with E-state index in [9.17, 15) is 19.2 Å². The quantitative estimate of drug-likeness (QED) is 0.474. The molecule has 1 saturated heterocycles. The highest BCUT2D eigenvalue weighted by molar-refractivity contribution is 6.39. The number of nitrogens with one attached hydrogen (secondary N) is 1. The van der Waals surface area contributed by atoms with E-state index in [-0.39, 0.29) is 12.2 Å². The Kier molecular flexibility index (Phi) is 5.73. The Labute approximate surface area is 166 Å². The van der Waals surface area contributed by atoms with Gasteiger partial charge in [-0.25, -0.2) is 14.5 Å². The van der Waals surface area contributed by atoms with E-state index in [1.54, 1.807) is 48.5 Å². The van der Waals surface area contributed by atoms with E-state index in [2.05, 4.69) is 10.1 Å². The zero-order valence-electron chi connectivity index (χ0n) is 15.8. The number of ether oxygens (including phenoxy) is 2. The normalized spacial score (nSPS) is 15.3. The summed E-state index contributed by atoms with van der Waals surface area (Å²) in [7, 11) is 1.26. The average molecular weight is 394 g/mol. The third-order valence-electron chi connectivity index (χ3n) is 4.17. The van der Waals surface area contributed by atoms with Gasteiger partial charge in [0.05, 0.1) is 12.8 Å². The van der Waals surface area contributed by atoms with Crippen molar-refractivity contribution in [1.29, 1.82) is 0 Å². The molecule has 0 atom stereocenters. The molecule has 29 heavy (non-hydrogen) atoms. The van der Waals surface area contributed by atoms with Crippen molar-refractivity contribution >= 4 is 35.6 Å². The SMILES string of the molecule is COC(=O)COc1ccc(/C=C2\C(=O)NC(=O)N(c3ccc(C)cc3)C2=O)cc1. The summed E-state index contributed by atoms with van der Waals surface area (Å²) in [6.45, 7) is 1.65. The molecule has 1 aliphatic rings. The minimum absolute atomic E-state index is 0.173. The molecule has 8 nitrogen and oxygen atoms in total. The van der Waals surface area contributed by atoms with Gasteiger partial charge in [0.1, 0.15) is 11.3 Å². The van der Waals surface area contributed by atoms with Crippen molar-refractivity contribution in [1.82, 2.24) is 5.32 Å². The summed E-state index contributed by atoms with van der Waals surface area (Å²) >= 11 is 0. The highest BCUT2D eigenvalue weighted by atomic mass is 16.6. The molecule has 1 fully saturated rings. The molecule has 2 aromatic rings. The van der Waals surface area contributed by atoms with Gasteiger partial charge in [0.15, 0.2) is 6.61 Å². The number of anilines is 1. The summed E-state index contributed by atoms with van der Waals surface area (Å²) in [6.07, 6.45) is 1.38. The van der Waals surface area contributed by atoms with Crippen LogP contribution in [0.3, 0.4) is 0 Å². The van der Waals surface area contributed by atoms with Gasteiger partial charge < -0.3 is 9.47 Å². The molecule has 0 spiro atoms. The average Bonchev–Trinajstić information content (AvgIpc) is 2.71. The van der Waals surface area contributed by atoms with Crippen LogP contribution in [0, 0.1) is 6.92 Å². The fraction of sp³-hybridized carbons (Fsp3) is 0.143. The Morgan fingerprint density at radius 2 is 1.69 bits per heavy atom. The van der Waals surface area contributed by atoms with E-state index in [4.69, 9.17) is 4.74 Å². The van der Waals surface area contributed by atoms with Gasteiger partial charge in [-0.3, -0.25) is 14.9 Å². The summed E-state index contributed by atoms with van der Waals surface area (Å²) in [4.78, 5) is 49.2. The lowest BCUT2D eigenvalue weighted by molar-refractivity contribution is -0.143. The number of hydrogen-bond acceptors (Lipinski definition) is 6. The van der Waals surface area contributed by atoms with E-state index < -0.39 is 23.8 Å². The smallest absolute Gasteiger partial charge is 0.343 e. The first-order valence-corrected chi connectivity index (χ1v) is 8.67. The Bertz CT molecular complexity index is 993. The minimum Gasteiger partial charge on any atom is -0.482 e. The minimum atomic E-state index is -0.799. The van der Waals surface area contributed by atoms with Crippen LogP contribution in [-0.4, -0.2) is 37.5 Å². The molecule has 0 unspecified atom stereocenters. The number of rotatable bonds is 5. The zero-order valence-corrected chi connectivity index (χ0v) is 15.8. The van der Waals surface area contributed by atoms with Gasteiger partial charge in [-0.05, 0) is 42.8 Å². The van der Waals surface area contributed by atoms with Crippen LogP contribution < -0.4 is 15.0 Å². The number of aryl methyl sites for hydroxylation is 1. The highest BCUT2D eigenvalue weighted by Gasteiger charge is 2.36. The lowest BCUT2D eigenvalue weighted by Gasteiger charge is -2.26. The fourth-order valence-corrected chi connectivity index (χ4v) is 2.61. The first-order valence-electron chi connectivity index (χ1n) is 8.67. The molecule has 3 rings (SSSR count). The van der Waals surface area contributed by atoms with Crippen molar-refractivity contribution in [2.45, 2.75) is 6.92 Å². The number of methoxy groups -OCH3 is 1. The molecule has 8 heteroatoms. The van der Waals surface area contributed by atoms with Gasteiger partial charge in [0, 0.05) is 0 Å². The predicted octanol–water partition coefficient (Wildman–Crippen LogP) is 2.21. The number of carbonyl (C=O) groups is 4. The van der Waals surface area contributed by atoms with Gasteiger partial charge in [0.2, 0.25) is 0 Å². The summed E-state index contributed by atoms with van der Waals surface area (Å²) in [6, 6.07) is 12.4. The topological polar surface area (TPSA) is 102 Å². The fourth-order valence-electron chi connectivity index (χ4n) is 2.61. The number of barbiturate groups is 1. The monoisotopic (exact) mass is 394 g/mol. The van der Waals surface area contributed by atoms with Crippen LogP contribution in [0.15, 0.2) is 54.1 Å². The van der Waals surface area contributed by atoms with Crippen LogP contribution >= 0.6 is 0 Å². The first-order chi connectivity index (χ1) is 13.9. The summed E-state index contributed by atoms with van der Waals surface area (Å²) in [5, 5.41) is 2.18. The number of hydrogen-bond donors (Lipinski definition) is 1. The molecule has 1 N–H and O–H groups in total. The summed E-state index contributed by atoms with van der Waals surface area (Å²) in [5.74, 6) is -1.57. The van der Waals surface area contributed by atoms with Crippen LogP contribution in [0.4, 0.5) is 10.5 Å². The molecule has 0 saturated carbocycles. The molecule has 148 valence electrons. The van der Waals surface area contributed by atoms with E-state index in [1.807, 2.05) is 6.92 Å². The molecular formula is C21H18N2O6. The molecule has 0 aromatic heterocycles. The number of urea groups is 1. The molecule has 2 aromatic carbocycles. The van der Waals surface area contributed by atoms with Gasteiger partial charge >= 0.3 is 12.0 Å². The Hall–Kier alpha value is -3.94. The number of benzene rings is 2. The maximum absolute atomic E-state index is 12.8. The lowest BCUT2D eigenvalue weighted by Crippen LogP contribution is -2.54. The van der Waals surface area contributed by atoms with Crippen molar-refractivity contribution in [3.05, 3.63) is 65.2 Å². The van der Waals surface area contributed by atoms with Crippen LogP contribution in [0.2, 0.25) is 0 Å². The predicted molar refractivity (Wildman–Crippen MR) is 104 cm³/mol. The van der Waals surface area contributed by atoms with E-state index in [1.165, 1.54) is 13.2 Å². The number of nitrogens with zero attached hydrogens (tertiary/aromatic N) is 1. The van der Waals surface area contributed by atoms with Crippen LogP contribution in [-0.2, 0) is 19.1 Å². The maximum Gasteiger partial charge on any atom is 0.343 e. The van der Waals surface area contributed by atoms with Gasteiger partial charge in [0.25, 0.3) is 11.8 Å². The van der Waals surface area contributed by atoms with E-state index >= 15 is 0 Å². The third-order valence-corrected chi connectivity index (χ3v) is 4.17. The number of esters is 1. The van der Waals surface area contributed by atoms with Crippen molar-refractivity contribution in [3.8, 4) is 5.75 Å². The zero-order chi connectivity index (χ0) is 21.0. The molecule has 0 bridgehead atoms. The largest absolute Gasteiger partial charge is 0.482 e. The Morgan fingerprint density at radius 3 is 2.31 bits per heavy atom. The number of carbonyl (C=O) groups excluding carboxylic acids is 4. The third kappa shape index (κ3) is 4.49. The Morgan fingerprint density at radius 1 is 1.03 bits per heavy atom.